The molecule has 0 aliphatic carbocycles. The highest BCUT2D eigenvalue weighted by Gasteiger charge is 2.21. The summed E-state index contributed by atoms with van der Waals surface area (Å²) in [6.07, 6.45) is 3.11. The van der Waals surface area contributed by atoms with Crippen molar-refractivity contribution in [3.05, 3.63) is 90.0 Å². The van der Waals surface area contributed by atoms with Crippen molar-refractivity contribution in [2.75, 3.05) is 35.6 Å². The predicted molar refractivity (Wildman–Crippen MR) is 148 cm³/mol. The number of nitrogens with zero attached hydrogens (tertiary/aromatic N) is 1. The molecule has 1 aliphatic rings. The molecule has 3 amide bonds. The number of nitrogens with one attached hydrogen (secondary N) is 3. The van der Waals surface area contributed by atoms with E-state index < -0.39 is 0 Å². The maximum Gasteiger partial charge on any atom is 0.253 e. The molecule has 1 saturated heterocycles. The van der Waals surface area contributed by atoms with Crippen molar-refractivity contribution in [3.63, 3.8) is 0 Å². The second-order valence-corrected chi connectivity index (χ2v) is 9.57. The van der Waals surface area contributed by atoms with E-state index in [1.54, 1.807) is 30.3 Å². The van der Waals surface area contributed by atoms with Gasteiger partial charge >= 0.3 is 0 Å². The van der Waals surface area contributed by atoms with Gasteiger partial charge < -0.3 is 20.9 Å². The Morgan fingerprint density at radius 3 is 2.19 bits per heavy atom. The van der Waals surface area contributed by atoms with Gasteiger partial charge in [0.1, 0.15) is 0 Å². The first kappa shape index (κ1) is 25.9. The Balaban J connectivity index is 1.25. The highest BCUT2D eigenvalue weighted by molar-refractivity contribution is 5.98. The lowest BCUT2D eigenvalue weighted by atomic mass is 9.98. The molecule has 0 atom stereocenters. The van der Waals surface area contributed by atoms with E-state index in [1.165, 1.54) is 0 Å². The number of hydrogen-bond donors (Lipinski definition) is 3. The Bertz CT molecular complexity index is 1220. The fourth-order valence-corrected chi connectivity index (χ4v) is 4.34. The van der Waals surface area contributed by atoms with Crippen molar-refractivity contribution in [3.8, 4) is 0 Å². The topological polar surface area (TPSA) is 90.5 Å². The number of likely N-dealkylation sites (tertiary alicyclic amines) is 1. The summed E-state index contributed by atoms with van der Waals surface area (Å²) in [7, 11) is 0. The Hall–Kier alpha value is -4.13. The smallest absolute Gasteiger partial charge is 0.253 e. The highest BCUT2D eigenvalue weighted by atomic mass is 16.2. The molecule has 37 heavy (non-hydrogen) atoms. The van der Waals surface area contributed by atoms with Gasteiger partial charge in [-0.15, -0.1) is 0 Å². The lowest BCUT2D eigenvalue weighted by molar-refractivity contribution is -0.116. The van der Waals surface area contributed by atoms with Crippen LogP contribution in [0.15, 0.2) is 78.9 Å². The summed E-state index contributed by atoms with van der Waals surface area (Å²) >= 11 is 0. The number of hydrogen-bond acceptors (Lipinski definition) is 4. The van der Waals surface area contributed by atoms with Crippen LogP contribution in [0.2, 0.25) is 0 Å². The molecule has 0 saturated carbocycles. The summed E-state index contributed by atoms with van der Waals surface area (Å²) in [5.41, 5.74) is 3.68. The number of amides is 3. The molecule has 0 spiro atoms. The average Bonchev–Trinajstić information content (AvgIpc) is 2.92. The molecule has 0 aromatic heterocycles. The maximum atomic E-state index is 12.8. The van der Waals surface area contributed by atoms with Crippen molar-refractivity contribution in [1.29, 1.82) is 0 Å². The van der Waals surface area contributed by atoms with Crippen molar-refractivity contribution in [1.82, 2.24) is 4.90 Å². The molecule has 0 radical (unpaired) electrons. The Morgan fingerprint density at radius 2 is 1.43 bits per heavy atom. The molecule has 3 aromatic carbocycles. The van der Waals surface area contributed by atoms with Crippen molar-refractivity contribution in [2.24, 2.45) is 5.92 Å². The summed E-state index contributed by atoms with van der Waals surface area (Å²) in [5, 5.41) is 8.86. The van der Waals surface area contributed by atoms with Gasteiger partial charge in [0.15, 0.2) is 0 Å². The Morgan fingerprint density at radius 1 is 0.784 bits per heavy atom. The molecule has 7 nitrogen and oxygen atoms in total. The van der Waals surface area contributed by atoms with Crippen LogP contribution in [0, 0.1) is 5.92 Å². The van der Waals surface area contributed by atoms with Crippen LogP contribution in [0.3, 0.4) is 0 Å². The summed E-state index contributed by atoms with van der Waals surface area (Å²) < 4.78 is 0. The van der Waals surface area contributed by atoms with E-state index in [0.29, 0.717) is 35.7 Å². The van der Waals surface area contributed by atoms with Crippen LogP contribution < -0.4 is 16.0 Å². The largest absolute Gasteiger partial charge is 0.376 e. The van der Waals surface area contributed by atoms with Crippen LogP contribution in [0.5, 0.6) is 0 Å². The van der Waals surface area contributed by atoms with Crippen LogP contribution in [-0.2, 0) is 16.0 Å². The number of anilines is 3. The number of benzene rings is 3. The molecule has 1 fully saturated rings. The minimum atomic E-state index is -0.228. The molecule has 3 aromatic rings. The Labute approximate surface area is 218 Å². The van der Waals surface area contributed by atoms with E-state index in [-0.39, 0.29) is 24.3 Å². The fraction of sp³-hybridized carbons (Fsp3) is 0.300. The fourth-order valence-electron chi connectivity index (χ4n) is 4.34. The number of piperidine rings is 1. The standard InChI is InChI=1S/C30H34N4O3/c1-22-15-17-34(18-16-22)30(37)24-9-5-11-26(19-24)33-29(36)21-31-25-10-6-12-27(20-25)32-28(35)14-13-23-7-3-2-4-8-23/h2-12,19-20,22,31H,13-18,21H2,1H3,(H,32,35)(H,33,36). The number of aryl methyl sites for hydroxylation is 1. The first-order valence-corrected chi connectivity index (χ1v) is 12.8. The maximum absolute atomic E-state index is 12.8. The zero-order chi connectivity index (χ0) is 26.0. The van der Waals surface area contributed by atoms with E-state index >= 15 is 0 Å². The van der Waals surface area contributed by atoms with E-state index in [0.717, 1.165) is 37.2 Å². The number of rotatable bonds is 9. The van der Waals surface area contributed by atoms with Gasteiger partial charge in [0.2, 0.25) is 11.8 Å². The minimum absolute atomic E-state index is 0.00348. The normalized spacial score (nSPS) is 13.6. The monoisotopic (exact) mass is 498 g/mol. The van der Waals surface area contributed by atoms with Crippen LogP contribution in [0.1, 0.15) is 42.1 Å². The molecule has 1 aliphatic heterocycles. The third-order valence-electron chi connectivity index (χ3n) is 6.55. The third-order valence-corrected chi connectivity index (χ3v) is 6.55. The SMILES string of the molecule is CC1CCN(C(=O)c2cccc(NC(=O)CNc3cccc(NC(=O)CCc4ccccc4)c3)c2)CC1. The quantitative estimate of drug-likeness (QED) is 0.379. The first-order chi connectivity index (χ1) is 18.0. The molecule has 1 heterocycles. The van der Waals surface area contributed by atoms with E-state index in [1.807, 2.05) is 53.4 Å². The van der Waals surface area contributed by atoms with E-state index in [4.69, 9.17) is 0 Å². The van der Waals surface area contributed by atoms with Crippen LogP contribution in [0.25, 0.3) is 0 Å². The van der Waals surface area contributed by atoms with Crippen LogP contribution in [-0.4, -0.2) is 42.3 Å². The number of carbonyl (C=O) groups excluding carboxylic acids is 3. The minimum Gasteiger partial charge on any atom is -0.376 e. The predicted octanol–water partition coefficient (Wildman–Crippen LogP) is 5.18. The molecule has 3 N–H and O–H groups in total. The van der Waals surface area contributed by atoms with Crippen molar-refractivity contribution in [2.45, 2.75) is 32.6 Å². The third kappa shape index (κ3) is 7.93. The molecular weight excluding hydrogens is 464 g/mol. The summed E-state index contributed by atoms with van der Waals surface area (Å²) in [6.45, 7) is 3.80. The lowest BCUT2D eigenvalue weighted by Crippen LogP contribution is -2.37. The summed E-state index contributed by atoms with van der Waals surface area (Å²) in [5.74, 6) is 0.364. The number of carbonyl (C=O) groups is 3. The highest BCUT2D eigenvalue weighted by Crippen LogP contribution is 2.20. The molecule has 7 heteroatoms. The van der Waals surface area contributed by atoms with Gasteiger partial charge in [-0.3, -0.25) is 14.4 Å². The zero-order valence-electron chi connectivity index (χ0n) is 21.2. The van der Waals surface area contributed by atoms with Crippen molar-refractivity contribution >= 4 is 34.8 Å². The Kier molecular flexibility index (Phi) is 8.92. The van der Waals surface area contributed by atoms with Gasteiger partial charge in [-0.2, -0.15) is 0 Å². The van der Waals surface area contributed by atoms with Gasteiger partial charge in [0.05, 0.1) is 6.54 Å². The van der Waals surface area contributed by atoms with E-state index in [9.17, 15) is 14.4 Å². The molecule has 0 bridgehead atoms. The van der Waals surface area contributed by atoms with Gasteiger partial charge in [0, 0.05) is 42.1 Å². The average molecular weight is 499 g/mol. The van der Waals surface area contributed by atoms with Gasteiger partial charge in [0.25, 0.3) is 5.91 Å². The molecular formula is C30H34N4O3. The second-order valence-electron chi connectivity index (χ2n) is 9.57. The summed E-state index contributed by atoms with van der Waals surface area (Å²) in [4.78, 5) is 39.6. The molecule has 192 valence electrons. The zero-order valence-corrected chi connectivity index (χ0v) is 21.2. The molecule has 0 unspecified atom stereocenters. The second kappa shape index (κ2) is 12.7. The first-order valence-electron chi connectivity index (χ1n) is 12.8. The van der Waals surface area contributed by atoms with Gasteiger partial charge in [-0.05, 0) is 67.1 Å². The van der Waals surface area contributed by atoms with E-state index in [2.05, 4.69) is 22.9 Å². The van der Waals surface area contributed by atoms with Crippen molar-refractivity contribution < 1.29 is 14.4 Å². The van der Waals surface area contributed by atoms with Crippen LogP contribution >= 0.6 is 0 Å². The van der Waals surface area contributed by atoms with Gasteiger partial charge in [-0.25, -0.2) is 0 Å². The van der Waals surface area contributed by atoms with Crippen LogP contribution in [0.4, 0.5) is 17.1 Å². The summed E-state index contributed by atoms with van der Waals surface area (Å²) in [6, 6.07) is 24.2. The lowest BCUT2D eigenvalue weighted by Gasteiger charge is -2.30. The van der Waals surface area contributed by atoms with Gasteiger partial charge in [-0.1, -0.05) is 49.4 Å². The molecule has 4 rings (SSSR count).